The zero-order valence-electron chi connectivity index (χ0n) is 18.5. The van der Waals surface area contributed by atoms with Gasteiger partial charge in [-0.1, -0.05) is 24.3 Å². The Kier molecular flexibility index (Phi) is 4.74. The van der Waals surface area contributed by atoms with Gasteiger partial charge in [-0.15, -0.1) is 0 Å². The number of nitrogens with one attached hydrogen (secondary N) is 1. The molecular formula is C23H28N8O. The average Bonchev–Trinajstić information content (AvgIpc) is 3.24. The van der Waals surface area contributed by atoms with E-state index in [1.165, 1.54) is 0 Å². The number of benzene rings is 2. The molecule has 1 atom stereocenters. The third kappa shape index (κ3) is 3.21. The number of likely N-dealkylation sites (N-methyl/N-ethyl adjacent to an activating group) is 1. The van der Waals surface area contributed by atoms with Crippen LogP contribution in [0.4, 0.5) is 5.95 Å². The van der Waals surface area contributed by atoms with Crippen LogP contribution < -0.4 is 15.0 Å². The molecule has 4 heterocycles. The van der Waals surface area contributed by atoms with E-state index >= 15 is 0 Å². The zero-order chi connectivity index (χ0) is 21.7. The van der Waals surface area contributed by atoms with Crippen molar-refractivity contribution < 1.29 is 4.74 Å². The minimum absolute atomic E-state index is 0.0894. The Morgan fingerprint density at radius 1 is 0.969 bits per heavy atom. The first-order valence-electron chi connectivity index (χ1n) is 11.1. The molecule has 1 fully saturated rings. The molecule has 1 N–H and O–H groups in total. The summed E-state index contributed by atoms with van der Waals surface area (Å²) < 4.78 is 7.64. The normalized spacial score (nSPS) is 22.2. The number of nitrogens with zero attached hydrogens (tertiary/aromatic N) is 7. The van der Waals surface area contributed by atoms with Gasteiger partial charge in [-0.2, -0.15) is 0 Å². The molecule has 6 rings (SSSR count). The van der Waals surface area contributed by atoms with Crippen molar-refractivity contribution in [2.45, 2.75) is 6.17 Å². The summed E-state index contributed by atoms with van der Waals surface area (Å²) in [6.45, 7) is 5.57. The maximum atomic E-state index is 5.36. The lowest BCUT2D eigenvalue weighted by atomic mass is 10.1. The number of ether oxygens (including phenoxy) is 1. The highest BCUT2D eigenvalue weighted by atomic mass is 16.5. The lowest BCUT2D eigenvalue weighted by molar-refractivity contribution is -0.0528. The maximum absolute atomic E-state index is 5.36. The largest absolute Gasteiger partial charge is 0.497 e. The molecule has 0 saturated carbocycles. The lowest BCUT2D eigenvalue weighted by Crippen LogP contribution is -2.62. The van der Waals surface area contributed by atoms with Gasteiger partial charge in [0.2, 0.25) is 11.9 Å². The predicted octanol–water partition coefficient (Wildman–Crippen LogP) is 1.75. The highest BCUT2D eigenvalue weighted by molar-refractivity contribution is 5.98. The number of fused-ring (bicyclic) bond motifs is 5. The van der Waals surface area contributed by atoms with E-state index in [0.717, 1.165) is 67.1 Å². The number of hydrazine groups is 1. The third-order valence-corrected chi connectivity index (χ3v) is 6.60. The van der Waals surface area contributed by atoms with Gasteiger partial charge >= 0.3 is 0 Å². The Morgan fingerprint density at radius 2 is 1.75 bits per heavy atom. The number of hydrogen-bond donors (Lipinski definition) is 1. The Labute approximate surface area is 187 Å². The number of methoxy groups -OCH3 is 1. The number of aliphatic imine (C=N–C) groups is 1. The summed E-state index contributed by atoms with van der Waals surface area (Å²) in [5.74, 6) is 2.64. The van der Waals surface area contributed by atoms with Gasteiger partial charge in [0.25, 0.3) is 0 Å². The lowest BCUT2D eigenvalue weighted by Gasteiger charge is -2.46. The Bertz CT molecular complexity index is 1150. The van der Waals surface area contributed by atoms with E-state index in [4.69, 9.17) is 14.7 Å². The highest BCUT2D eigenvalue weighted by Gasteiger charge is 2.37. The van der Waals surface area contributed by atoms with Crippen LogP contribution in [0.15, 0.2) is 53.5 Å². The van der Waals surface area contributed by atoms with Crippen molar-refractivity contribution in [2.75, 3.05) is 58.6 Å². The second kappa shape index (κ2) is 7.77. The topological polar surface area (TPSA) is 64.4 Å². The fourth-order valence-corrected chi connectivity index (χ4v) is 4.73. The summed E-state index contributed by atoms with van der Waals surface area (Å²) in [7, 11) is 3.87. The molecule has 32 heavy (non-hydrogen) atoms. The van der Waals surface area contributed by atoms with Gasteiger partial charge in [-0.05, 0) is 36.9 Å². The van der Waals surface area contributed by atoms with Gasteiger partial charge < -0.3 is 15.0 Å². The number of guanidine groups is 1. The first-order chi connectivity index (χ1) is 15.7. The summed E-state index contributed by atoms with van der Waals surface area (Å²) in [6.07, 6.45) is -0.0894. The standard InChI is InChI=1S/C23H28N8O/c1-27-11-13-28(14-12-27)29-15-24-22-26-21(17-7-9-18(32-2)10-8-17)31-20-6-4-3-5-19(20)25-23(31)30(22)16-29/h3-10,21H,11-16H2,1-2H3,(H,24,26)/t21-/m1/s1. The molecule has 2 aromatic carbocycles. The fourth-order valence-electron chi connectivity index (χ4n) is 4.73. The highest BCUT2D eigenvalue weighted by Crippen LogP contribution is 2.34. The van der Waals surface area contributed by atoms with Crippen LogP contribution in [-0.2, 0) is 0 Å². The number of piperazine rings is 1. The van der Waals surface area contributed by atoms with Gasteiger partial charge in [-0.25, -0.2) is 20.0 Å². The first-order valence-corrected chi connectivity index (χ1v) is 11.1. The second-order valence-corrected chi connectivity index (χ2v) is 8.55. The van der Waals surface area contributed by atoms with E-state index in [2.05, 4.69) is 67.1 Å². The van der Waals surface area contributed by atoms with E-state index in [9.17, 15) is 0 Å². The van der Waals surface area contributed by atoms with Crippen LogP contribution in [0.2, 0.25) is 0 Å². The fraction of sp³-hybridized carbons (Fsp3) is 0.391. The average molecular weight is 433 g/mol. The van der Waals surface area contributed by atoms with Crippen molar-refractivity contribution in [3.05, 3.63) is 54.1 Å². The van der Waals surface area contributed by atoms with E-state index in [1.54, 1.807) is 7.11 Å². The Hall–Kier alpha value is -3.14. The summed E-state index contributed by atoms with van der Waals surface area (Å²) in [4.78, 5) is 14.5. The monoisotopic (exact) mass is 432 g/mol. The zero-order valence-corrected chi connectivity index (χ0v) is 18.5. The molecule has 3 aromatic rings. The Morgan fingerprint density at radius 3 is 2.53 bits per heavy atom. The maximum Gasteiger partial charge on any atom is 0.216 e. The second-order valence-electron chi connectivity index (χ2n) is 8.55. The van der Waals surface area contributed by atoms with Gasteiger partial charge in [0.1, 0.15) is 18.6 Å². The van der Waals surface area contributed by atoms with E-state index in [-0.39, 0.29) is 6.17 Å². The predicted molar refractivity (Wildman–Crippen MR) is 125 cm³/mol. The molecule has 0 bridgehead atoms. The Balaban J connectivity index is 1.39. The van der Waals surface area contributed by atoms with Crippen molar-refractivity contribution in [2.24, 2.45) is 4.99 Å². The minimum atomic E-state index is -0.0894. The number of anilines is 1. The molecule has 9 heteroatoms. The summed E-state index contributed by atoms with van der Waals surface area (Å²) in [5.41, 5.74) is 3.23. The van der Waals surface area contributed by atoms with Gasteiger partial charge in [-0.3, -0.25) is 9.47 Å². The number of rotatable bonds is 3. The number of aromatic nitrogens is 2. The van der Waals surface area contributed by atoms with Crippen molar-refractivity contribution in [3.8, 4) is 5.75 Å². The summed E-state index contributed by atoms with van der Waals surface area (Å²) in [6, 6.07) is 16.5. The molecular weight excluding hydrogens is 404 g/mol. The summed E-state index contributed by atoms with van der Waals surface area (Å²) in [5, 5.41) is 8.43. The van der Waals surface area contributed by atoms with Crippen LogP contribution in [0, 0.1) is 0 Å². The van der Waals surface area contributed by atoms with Crippen LogP contribution >= 0.6 is 0 Å². The minimum Gasteiger partial charge on any atom is -0.497 e. The van der Waals surface area contributed by atoms with Crippen LogP contribution in [-0.4, -0.2) is 84.1 Å². The van der Waals surface area contributed by atoms with Crippen molar-refractivity contribution in [1.29, 1.82) is 0 Å². The molecule has 0 aliphatic carbocycles. The molecule has 3 aliphatic rings. The van der Waals surface area contributed by atoms with E-state index < -0.39 is 0 Å². The van der Waals surface area contributed by atoms with Crippen molar-refractivity contribution >= 4 is 22.9 Å². The van der Waals surface area contributed by atoms with Gasteiger partial charge in [0.15, 0.2) is 0 Å². The van der Waals surface area contributed by atoms with Crippen LogP contribution in [0.3, 0.4) is 0 Å². The number of hydrogen-bond acceptors (Lipinski definition) is 8. The molecule has 1 saturated heterocycles. The SMILES string of the molecule is COc1ccc([C@@H]2NC3=NCN(N4CCN(C)CC4)CN3c3nc4ccccc4n32)cc1. The quantitative estimate of drug-likeness (QED) is 0.677. The van der Waals surface area contributed by atoms with E-state index in [0.29, 0.717) is 6.67 Å². The summed E-state index contributed by atoms with van der Waals surface area (Å²) >= 11 is 0. The van der Waals surface area contributed by atoms with Gasteiger partial charge in [0.05, 0.1) is 24.8 Å². The molecule has 0 radical (unpaired) electrons. The van der Waals surface area contributed by atoms with Crippen LogP contribution in [0.1, 0.15) is 11.7 Å². The van der Waals surface area contributed by atoms with Gasteiger partial charge in [0, 0.05) is 26.2 Å². The van der Waals surface area contributed by atoms with Crippen molar-refractivity contribution in [3.63, 3.8) is 0 Å². The van der Waals surface area contributed by atoms with Crippen molar-refractivity contribution in [1.82, 2.24) is 29.8 Å². The number of imidazole rings is 1. The van der Waals surface area contributed by atoms with Crippen LogP contribution in [0.5, 0.6) is 5.75 Å². The third-order valence-electron chi connectivity index (χ3n) is 6.60. The smallest absolute Gasteiger partial charge is 0.216 e. The number of para-hydroxylation sites is 2. The molecule has 0 spiro atoms. The molecule has 0 unspecified atom stereocenters. The van der Waals surface area contributed by atoms with E-state index in [1.807, 2.05) is 18.2 Å². The molecule has 3 aliphatic heterocycles. The molecule has 166 valence electrons. The molecule has 0 amide bonds. The molecule has 9 nitrogen and oxygen atoms in total. The van der Waals surface area contributed by atoms with Crippen LogP contribution in [0.25, 0.3) is 11.0 Å². The first kappa shape index (κ1) is 19.5. The molecule has 1 aromatic heterocycles.